The molecule has 1 atom stereocenters. The number of carbonyl (C=O) groups excluding carboxylic acids is 1. The predicted octanol–water partition coefficient (Wildman–Crippen LogP) is 5.23. The number of hydrogen-bond donors (Lipinski definition) is 0. The standard InChI is InChI=1S/C15H29BrO2/c1-3-5-11-14(4-2)18-15(17)12-9-7-6-8-10-13-16/h14H,3-13H2,1-2H3. The van der Waals surface area contributed by atoms with Crippen LogP contribution >= 0.6 is 15.9 Å². The number of rotatable bonds is 12. The van der Waals surface area contributed by atoms with Crippen molar-refractivity contribution >= 4 is 21.9 Å². The molecule has 0 saturated heterocycles. The highest BCUT2D eigenvalue weighted by atomic mass is 79.9. The zero-order valence-electron chi connectivity index (χ0n) is 12.0. The highest BCUT2D eigenvalue weighted by Gasteiger charge is 2.11. The Labute approximate surface area is 121 Å². The quantitative estimate of drug-likeness (QED) is 0.279. The van der Waals surface area contributed by atoms with Crippen molar-refractivity contribution in [2.45, 2.75) is 84.2 Å². The van der Waals surface area contributed by atoms with Crippen LogP contribution < -0.4 is 0 Å². The Balaban J connectivity index is 3.50. The van der Waals surface area contributed by atoms with Gasteiger partial charge in [0.2, 0.25) is 0 Å². The Bertz CT molecular complexity index is 195. The maximum Gasteiger partial charge on any atom is 0.306 e. The summed E-state index contributed by atoms with van der Waals surface area (Å²) >= 11 is 3.42. The van der Waals surface area contributed by atoms with E-state index in [2.05, 4.69) is 29.8 Å². The van der Waals surface area contributed by atoms with E-state index in [4.69, 9.17) is 4.74 Å². The number of ether oxygens (including phenoxy) is 1. The molecule has 0 aliphatic rings. The molecule has 0 rings (SSSR count). The van der Waals surface area contributed by atoms with Gasteiger partial charge in [0.25, 0.3) is 0 Å². The van der Waals surface area contributed by atoms with Crippen molar-refractivity contribution in [2.24, 2.45) is 0 Å². The van der Waals surface area contributed by atoms with Crippen LogP contribution in [0.25, 0.3) is 0 Å². The molecule has 0 heterocycles. The SMILES string of the molecule is CCCCC(CC)OC(=O)CCCCCCCBr. The summed E-state index contributed by atoms with van der Waals surface area (Å²) < 4.78 is 5.48. The third-order valence-corrected chi connectivity index (χ3v) is 3.71. The van der Waals surface area contributed by atoms with Crippen LogP contribution in [0.4, 0.5) is 0 Å². The maximum absolute atomic E-state index is 11.6. The van der Waals surface area contributed by atoms with Crippen molar-refractivity contribution in [3.63, 3.8) is 0 Å². The molecule has 3 heteroatoms. The first kappa shape index (κ1) is 17.9. The topological polar surface area (TPSA) is 26.3 Å². The van der Waals surface area contributed by atoms with Gasteiger partial charge in [0.15, 0.2) is 0 Å². The van der Waals surface area contributed by atoms with Crippen LogP contribution in [0.15, 0.2) is 0 Å². The second-order valence-electron chi connectivity index (χ2n) is 4.87. The average molecular weight is 321 g/mol. The van der Waals surface area contributed by atoms with Gasteiger partial charge in [-0.15, -0.1) is 0 Å². The summed E-state index contributed by atoms with van der Waals surface area (Å²) in [6.07, 6.45) is 10.9. The predicted molar refractivity (Wildman–Crippen MR) is 81.2 cm³/mol. The molecule has 0 aromatic heterocycles. The highest BCUT2D eigenvalue weighted by Crippen LogP contribution is 2.12. The summed E-state index contributed by atoms with van der Waals surface area (Å²) in [5.74, 6) is -0.00144. The summed E-state index contributed by atoms with van der Waals surface area (Å²) in [6.45, 7) is 4.26. The third-order valence-electron chi connectivity index (χ3n) is 3.15. The first-order chi connectivity index (χ1) is 8.74. The molecule has 0 aromatic rings. The molecule has 0 amide bonds. The first-order valence-electron chi connectivity index (χ1n) is 7.50. The van der Waals surface area contributed by atoms with E-state index in [0.29, 0.717) is 6.42 Å². The van der Waals surface area contributed by atoms with Gasteiger partial charge in [0.05, 0.1) is 0 Å². The Kier molecular flexibility index (Phi) is 13.3. The average Bonchev–Trinajstić information content (AvgIpc) is 2.38. The molecule has 0 bridgehead atoms. The molecule has 0 saturated carbocycles. The number of halogens is 1. The Morgan fingerprint density at radius 1 is 1.06 bits per heavy atom. The van der Waals surface area contributed by atoms with Crippen LogP contribution in [-0.4, -0.2) is 17.4 Å². The largest absolute Gasteiger partial charge is 0.462 e. The number of hydrogen-bond acceptors (Lipinski definition) is 2. The normalized spacial score (nSPS) is 12.4. The summed E-state index contributed by atoms with van der Waals surface area (Å²) in [5, 5.41) is 1.09. The molecular weight excluding hydrogens is 292 g/mol. The molecule has 0 fully saturated rings. The lowest BCUT2D eigenvalue weighted by atomic mass is 10.1. The number of esters is 1. The number of carbonyl (C=O) groups is 1. The van der Waals surface area contributed by atoms with Crippen LogP contribution in [0, 0.1) is 0 Å². The Morgan fingerprint density at radius 2 is 1.72 bits per heavy atom. The van der Waals surface area contributed by atoms with Crippen molar-refractivity contribution in [3.05, 3.63) is 0 Å². The minimum Gasteiger partial charge on any atom is -0.462 e. The zero-order chi connectivity index (χ0) is 13.6. The zero-order valence-corrected chi connectivity index (χ0v) is 13.6. The highest BCUT2D eigenvalue weighted by molar-refractivity contribution is 9.09. The second kappa shape index (κ2) is 13.4. The van der Waals surface area contributed by atoms with Gasteiger partial charge >= 0.3 is 5.97 Å². The van der Waals surface area contributed by atoms with Gasteiger partial charge in [-0.1, -0.05) is 61.9 Å². The Hall–Kier alpha value is -0.0500. The molecule has 0 N–H and O–H groups in total. The van der Waals surface area contributed by atoms with Gasteiger partial charge < -0.3 is 4.74 Å². The van der Waals surface area contributed by atoms with Crippen LogP contribution in [0.2, 0.25) is 0 Å². The van der Waals surface area contributed by atoms with E-state index < -0.39 is 0 Å². The number of alkyl halides is 1. The fourth-order valence-electron chi connectivity index (χ4n) is 1.92. The molecule has 18 heavy (non-hydrogen) atoms. The molecule has 0 aromatic carbocycles. The molecule has 1 unspecified atom stereocenters. The number of unbranched alkanes of at least 4 members (excludes halogenated alkanes) is 5. The summed E-state index contributed by atoms with van der Waals surface area (Å²) in [7, 11) is 0. The van der Waals surface area contributed by atoms with Gasteiger partial charge in [-0.2, -0.15) is 0 Å². The van der Waals surface area contributed by atoms with Gasteiger partial charge in [0, 0.05) is 11.8 Å². The lowest BCUT2D eigenvalue weighted by molar-refractivity contribution is -0.149. The van der Waals surface area contributed by atoms with Crippen molar-refractivity contribution in [2.75, 3.05) is 5.33 Å². The smallest absolute Gasteiger partial charge is 0.306 e. The van der Waals surface area contributed by atoms with E-state index in [1.165, 1.54) is 25.7 Å². The van der Waals surface area contributed by atoms with Crippen molar-refractivity contribution in [1.82, 2.24) is 0 Å². The molecular formula is C15H29BrO2. The van der Waals surface area contributed by atoms with Crippen molar-refractivity contribution in [3.8, 4) is 0 Å². The Morgan fingerprint density at radius 3 is 2.33 bits per heavy atom. The maximum atomic E-state index is 11.6. The van der Waals surface area contributed by atoms with E-state index in [1.54, 1.807) is 0 Å². The minimum atomic E-state index is -0.00144. The minimum absolute atomic E-state index is 0.00144. The van der Waals surface area contributed by atoms with Gasteiger partial charge in [0.1, 0.15) is 6.10 Å². The fourth-order valence-corrected chi connectivity index (χ4v) is 2.31. The summed E-state index contributed by atoms with van der Waals surface area (Å²) in [6, 6.07) is 0. The van der Waals surface area contributed by atoms with E-state index in [1.807, 2.05) is 0 Å². The van der Waals surface area contributed by atoms with Gasteiger partial charge in [-0.05, 0) is 25.7 Å². The molecule has 0 radical (unpaired) electrons. The third kappa shape index (κ3) is 11.1. The summed E-state index contributed by atoms with van der Waals surface area (Å²) in [4.78, 5) is 11.6. The molecule has 0 aliphatic heterocycles. The van der Waals surface area contributed by atoms with Crippen LogP contribution in [0.5, 0.6) is 0 Å². The van der Waals surface area contributed by atoms with Crippen LogP contribution in [0.3, 0.4) is 0 Å². The second-order valence-corrected chi connectivity index (χ2v) is 5.66. The molecule has 0 aliphatic carbocycles. The fraction of sp³-hybridized carbons (Fsp3) is 0.933. The van der Waals surface area contributed by atoms with E-state index >= 15 is 0 Å². The monoisotopic (exact) mass is 320 g/mol. The first-order valence-corrected chi connectivity index (χ1v) is 8.62. The van der Waals surface area contributed by atoms with Crippen molar-refractivity contribution < 1.29 is 9.53 Å². The van der Waals surface area contributed by atoms with Crippen molar-refractivity contribution in [1.29, 1.82) is 0 Å². The van der Waals surface area contributed by atoms with E-state index in [0.717, 1.165) is 37.4 Å². The molecule has 2 nitrogen and oxygen atoms in total. The van der Waals surface area contributed by atoms with Gasteiger partial charge in [-0.25, -0.2) is 0 Å². The lowest BCUT2D eigenvalue weighted by Crippen LogP contribution is -2.17. The summed E-state index contributed by atoms with van der Waals surface area (Å²) in [5.41, 5.74) is 0. The molecule has 0 spiro atoms. The lowest BCUT2D eigenvalue weighted by Gasteiger charge is -2.15. The molecule has 108 valence electrons. The van der Waals surface area contributed by atoms with E-state index in [9.17, 15) is 4.79 Å². The van der Waals surface area contributed by atoms with E-state index in [-0.39, 0.29) is 12.1 Å². The van der Waals surface area contributed by atoms with Crippen LogP contribution in [-0.2, 0) is 9.53 Å². The van der Waals surface area contributed by atoms with Gasteiger partial charge in [-0.3, -0.25) is 4.79 Å². The van der Waals surface area contributed by atoms with Crippen LogP contribution in [0.1, 0.15) is 78.1 Å².